The highest BCUT2D eigenvalue weighted by molar-refractivity contribution is 7.90. The topological polar surface area (TPSA) is 85.9 Å². The highest BCUT2D eigenvalue weighted by atomic mass is 35.5. The SMILES string of the molecule is COc1cc(C)n2sc(=NS(=O)(=O)c3ccccc3Cl)nc2n1. The third kappa shape index (κ3) is 3.07. The quantitative estimate of drug-likeness (QED) is 0.704. The first kappa shape index (κ1) is 15.9. The zero-order valence-electron chi connectivity index (χ0n) is 12.1. The summed E-state index contributed by atoms with van der Waals surface area (Å²) in [6, 6.07) is 7.84. The molecule has 120 valence electrons. The van der Waals surface area contributed by atoms with Gasteiger partial charge in [0, 0.05) is 11.8 Å². The molecule has 0 spiro atoms. The summed E-state index contributed by atoms with van der Waals surface area (Å²) in [7, 11) is -2.45. The molecule has 2 heterocycles. The summed E-state index contributed by atoms with van der Waals surface area (Å²) in [5.41, 5.74) is 0.806. The van der Waals surface area contributed by atoms with Crippen molar-refractivity contribution >= 4 is 38.9 Å². The maximum atomic E-state index is 12.4. The Bertz CT molecular complexity index is 1060. The van der Waals surface area contributed by atoms with Crippen molar-refractivity contribution in [3.05, 3.63) is 45.8 Å². The van der Waals surface area contributed by atoms with Crippen LogP contribution < -0.4 is 9.54 Å². The molecule has 0 aliphatic carbocycles. The van der Waals surface area contributed by atoms with Crippen LogP contribution in [0.1, 0.15) is 5.69 Å². The fraction of sp³-hybridized carbons (Fsp3) is 0.154. The number of hydrogen-bond acceptors (Lipinski definition) is 6. The molecule has 3 rings (SSSR count). The van der Waals surface area contributed by atoms with Crippen molar-refractivity contribution in [1.82, 2.24) is 13.8 Å². The minimum atomic E-state index is -3.95. The Hall–Kier alpha value is -1.97. The van der Waals surface area contributed by atoms with E-state index in [0.29, 0.717) is 11.7 Å². The van der Waals surface area contributed by atoms with Gasteiger partial charge in [-0.25, -0.2) is 3.79 Å². The minimum Gasteiger partial charge on any atom is -0.481 e. The minimum absolute atomic E-state index is 0.0619. The van der Waals surface area contributed by atoms with Gasteiger partial charge < -0.3 is 4.74 Å². The lowest BCUT2D eigenvalue weighted by Gasteiger charge is -2.00. The van der Waals surface area contributed by atoms with Crippen molar-refractivity contribution in [2.75, 3.05) is 7.11 Å². The molecule has 10 heteroatoms. The van der Waals surface area contributed by atoms with Crippen LogP contribution in [0.2, 0.25) is 5.02 Å². The average Bonchev–Trinajstić information content (AvgIpc) is 2.89. The number of aromatic nitrogens is 3. The summed E-state index contributed by atoms with van der Waals surface area (Å²) >= 11 is 7.00. The second-order valence-corrected chi connectivity index (χ2v) is 7.41. The van der Waals surface area contributed by atoms with Gasteiger partial charge in [0.2, 0.25) is 16.5 Å². The van der Waals surface area contributed by atoms with Crippen molar-refractivity contribution < 1.29 is 13.2 Å². The molecule has 23 heavy (non-hydrogen) atoms. The maximum absolute atomic E-state index is 12.4. The Balaban J connectivity index is 2.18. The first-order chi connectivity index (χ1) is 10.9. The summed E-state index contributed by atoms with van der Waals surface area (Å²) in [5.74, 6) is 0.716. The first-order valence-electron chi connectivity index (χ1n) is 6.38. The van der Waals surface area contributed by atoms with E-state index in [1.807, 2.05) is 6.92 Å². The number of hydrogen-bond donors (Lipinski definition) is 0. The number of halogens is 1. The van der Waals surface area contributed by atoms with Crippen LogP contribution in [0.15, 0.2) is 39.6 Å². The molecule has 2 aromatic heterocycles. The van der Waals surface area contributed by atoms with Gasteiger partial charge in [0.1, 0.15) is 4.90 Å². The Morgan fingerprint density at radius 2 is 2.04 bits per heavy atom. The zero-order chi connectivity index (χ0) is 16.6. The van der Waals surface area contributed by atoms with Gasteiger partial charge in [-0.05, 0) is 30.6 Å². The smallest absolute Gasteiger partial charge is 0.286 e. The molecule has 0 bridgehead atoms. The van der Waals surface area contributed by atoms with E-state index in [2.05, 4.69) is 14.4 Å². The van der Waals surface area contributed by atoms with E-state index >= 15 is 0 Å². The third-order valence-corrected chi connectivity index (χ3v) is 5.80. The molecular formula is C13H11ClN4O3S2. The Labute approximate surface area is 141 Å². The Morgan fingerprint density at radius 1 is 1.30 bits per heavy atom. The number of nitrogens with zero attached hydrogens (tertiary/aromatic N) is 4. The lowest BCUT2D eigenvalue weighted by Crippen LogP contribution is -2.06. The molecule has 0 aliphatic heterocycles. The first-order valence-corrected chi connectivity index (χ1v) is 8.97. The zero-order valence-corrected chi connectivity index (χ0v) is 14.5. The van der Waals surface area contributed by atoms with E-state index in [1.165, 1.54) is 19.2 Å². The van der Waals surface area contributed by atoms with Crippen molar-refractivity contribution in [1.29, 1.82) is 0 Å². The molecule has 1 aromatic carbocycles. The van der Waals surface area contributed by atoms with Crippen LogP contribution in [0, 0.1) is 6.92 Å². The van der Waals surface area contributed by atoms with E-state index < -0.39 is 10.0 Å². The Morgan fingerprint density at radius 3 is 2.74 bits per heavy atom. The maximum Gasteiger partial charge on any atom is 0.286 e. The highest BCUT2D eigenvalue weighted by Crippen LogP contribution is 2.22. The van der Waals surface area contributed by atoms with Crippen LogP contribution in [0.4, 0.5) is 0 Å². The second kappa shape index (κ2) is 5.91. The van der Waals surface area contributed by atoms with E-state index in [1.54, 1.807) is 22.0 Å². The van der Waals surface area contributed by atoms with Crippen LogP contribution in [0.5, 0.6) is 5.88 Å². The number of aryl methyl sites for hydroxylation is 1. The normalized spacial score (nSPS) is 12.7. The molecule has 0 saturated carbocycles. The van der Waals surface area contributed by atoms with Gasteiger partial charge in [0.15, 0.2) is 0 Å². The van der Waals surface area contributed by atoms with Crippen molar-refractivity contribution in [3.8, 4) is 5.88 Å². The molecule has 0 aliphatic rings. The van der Waals surface area contributed by atoms with Crippen LogP contribution >= 0.6 is 23.1 Å². The van der Waals surface area contributed by atoms with E-state index in [9.17, 15) is 8.42 Å². The van der Waals surface area contributed by atoms with Gasteiger partial charge in [-0.3, -0.25) is 0 Å². The van der Waals surface area contributed by atoms with Crippen LogP contribution in [0.25, 0.3) is 5.78 Å². The fourth-order valence-corrected chi connectivity index (χ4v) is 4.30. The van der Waals surface area contributed by atoms with Crippen molar-refractivity contribution in [3.63, 3.8) is 0 Å². The summed E-state index contributed by atoms with van der Waals surface area (Å²) < 4.78 is 35.2. The Kier molecular flexibility index (Phi) is 4.09. The molecular weight excluding hydrogens is 360 g/mol. The number of ether oxygens (including phenoxy) is 1. The number of sulfonamides is 1. The second-order valence-electron chi connectivity index (χ2n) is 4.52. The fourth-order valence-electron chi connectivity index (χ4n) is 1.89. The molecule has 3 aromatic rings. The summed E-state index contributed by atoms with van der Waals surface area (Å²) in [6.07, 6.45) is 0. The number of rotatable bonds is 3. The van der Waals surface area contributed by atoms with Crippen molar-refractivity contribution in [2.24, 2.45) is 4.40 Å². The van der Waals surface area contributed by atoms with Crippen LogP contribution in [-0.4, -0.2) is 29.3 Å². The van der Waals surface area contributed by atoms with E-state index in [0.717, 1.165) is 17.2 Å². The molecule has 0 radical (unpaired) electrons. The molecule has 0 unspecified atom stereocenters. The predicted octanol–water partition coefficient (Wildman–Crippen LogP) is 2.05. The van der Waals surface area contributed by atoms with Gasteiger partial charge in [0.05, 0.1) is 12.1 Å². The standard InChI is InChI=1S/C13H11ClN4O3S2/c1-8-7-11(21-2)15-12-16-13(22-18(8)12)17-23(19,20)10-6-4-3-5-9(10)14/h3-7H,1-2H3. The van der Waals surface area contributed by atoms with Crippen molar-refractivity contribution in [2.45, 2.75) is 11.8 Å². The molecule has 0 saturated heterocycles. The van der Waals surface area contributed by atoms with E-state index in [-0.39, 0.29) is 14.7 Å². The summed E-state index contributed by atoms with van der Waals surface area (Å²) in [5, 5.41) is 0.112. The van der Waals surface area contributed by atoms with Crippen LogP contribution in [0.3, 0.4) is 0 Å². The molecule has 0 fully saturated rings. The molecule has 0 amide bonds. The monoisotopic (exact) mass is 370 g/mol. The third-order valence-electron chi connectivity index (χ3n) is 2.94. The van der Waals surface area contributed by atoms with Gasteiger partial charge in [0.25, 0.3) is 10.0 Å². The van der Waals surface area contributed by atoms with Gasteiger partial charge in [-0.1, -0.05) is 23.7 Å². The van der Waals surface area contributed by atoms with Gasteiger partial charge in [-0.15, -0.1) is 4.40 Å². The van der Waals surface area contributed by atoms with Crippen LogP contribution in [-0.2, 0) is 10.0 Å². The lowest BCUT2D eigenvalue weighted by molar-refractivity contribution is 0.397. The van der Waals surface area contributed by atoms with E-state index in [4.69, 9.17) is 16.3 Å². The van der Waals surface area contributed by atoms with Gasteiger partial charge in [-0.2, -0.15) is 18.4 Å². The average molecular weight is 371 g/mol. The molecule has 0 atom stereocenters. The predicted molar refractivity (Wildman–Crippen MR) is 86.4 cm³/mol. The summed E-state index contributed by atoms with van der Waals surface area (Å²) in [4.78, 5) is 8.28. The lowest BCUT2D eigenvalue weighted by atomic mass is 10.4. The van der Waals surface area contributed by atoms with Gasteiger partial charge >= 0.3 is 0 Å². The number of fused-ring (bicyclic) bond motifs is 1. The molecule has 0 N–H and O–H groups in total. The largest absolute Gasteiger partial charge is 0.481 e. The molecule has 7 nitrogen and oxygen atoms in total. The highest BCUT2D eigenvalue weighted by Gasteiger charge is 2.17. The summed E-state index contributed by atoms with van der Waals surface area (Å²) in [6.45, 7) is 1.84. The number of methoxy groups -OCH3 is 1. The number of benzene rings is 1.